The van der Waals surface area contributed by atoms with Crippen molar-refractivity contribution in [1.29, 1.82) is 0 Å². The van der Waals surface area contributed by atoms with Crippen molar-refractivity contribution in [1.82, 2.24) is 5.32 Å². The number of cyclic esters (lactones) is 1. The van der Waals surface area contributed by atoms with Crippen molar-refractivity contribution >= 4 is 11.9 Å². The van der Waals surface area contributed by atoms with E-state index in [1.165, 1.54) is 0 Å². The number of carbonyl (C=O) groups excluding carboxylic acids is 2. The van der Waals surface area contributed by atoms with Gasteiger partial charge in [0.25, 0.3) is 0 Å². The molecule has 384 valence electrons. The summed E-state index contributed by atoms with van der Waals surface area (Å²) < 4.78 is 23.4. The first kappa shape index (κ1) is 57.1. The summed E-state index contributed by atoms with van der Waals surface area (Å²) >= 11 is 0. The molecule has 8 unspecified atom stereocenters. The molecule has 2 saturated heterocycles. The van der Waals surface area contributed by atoms with Crippen molar-refractivity contribution < 1.29 is 79.6 Å². The van der Waals surface area contributed by atoms with Crippen LogP contribution in [0.4, 0.5) is 0 Å². The fraction of sp³-hybridized carbons (Fsp3) is 0.680. The predicted molar refractivity (Wildman–Crippen MR) is 251 cm³/mol. The lowest BCUT2D eigenvalue weighted by atomic mass is 9.82. The zero-order valence-electron chi connectivity index (χ0n) is 39.3. The second-order valence-corrected chi connectivity index (χ2v) is 18.9. The normalized spacial score (nSPS) is 42.9. The maximum absolute atomic E-state index is 13.7. The molecule has 0 spiro atoms. The first-order valence-electron chi connectivity index (χ1n) is 24.0. The SMILES string of the molecule is C[C@H]1C[C@H](O)[C@@H](C)/C=C/C=C/C=C/C=C/C=C/C=C/C=C/C(O[C@@H]2OC[C@@H](O)[C@H](N)[C@@H]2O)C[C@@H]2OC(O)(CC(O)CC(O)C(O)CCC(O)CC(O)CC(=O)O1)C[C@H](O)C2C(=O)NCCC1CC1. The van der Waals surface area contributed by atoms with Crippen molar-refractivity contribution in [3.8, 4) is 0 Å². The van der Waals surface area contributed by atoms with E-state index in [2.05, 4.69) is 5.32 Å². The van der Waals surface area contributed by atoms with Crippen LogP contribution in [0.5, 0.6) is 0 Å². The van der Waals surface area contributed by atoms with E-state index in [4.69, 9.17) is 24.7 Å². The van der Waals surface area contributed by atoms with Crippen LogP contribution in [0.2, 0.25) is 0 Å². The fourth-order valence-electron chi connectivity index (χ4n) is 8.43. The van der Waals surface area contributed by atoms with Crippen molar-refractivity contribution in [3.63, 3.8) is 0 Å². The van der Waals surface area contributed by atoms with Crippen molar-refractivity contribution in [3.05, 3.63) is 85.1 Å². The number of nitrogens with one attached hydrogen (secondary N) is 1. The molecule has 17 atom stereocenters. The number of fused-ring (bicyclic) bond motifs is 2. The van der Waals surface area contributed by atoms with Crippen molar-refractivity contribution in [2.24, 2.45) is 23.5 Å². The summed E-state index contributed by atoms with van der Waals surface area (Å²) in [5.74, 6) is -4.43. The molecular weight excluding hydrogens is 885 g/mol. The van der Waals surface area contributed by atoms with E-state index >= 15 is 0 Å². The van der Waals surface area contributed by atoms with Crippen molar-refractivity contribution in [2.45, 2.75) is 182 Å². The van der Waals surface area contributed by atoms with Gasteiger partial charge in [-0.25, -0.2) is 0 Å². The molecule has 1 amide bonds. The molecule has 1 aliphatic carbocycles. The van der Waals surface area contributed by atoms with Crippen LogP contribution in [0.25, 0.3) is 0 Å². The summed E-state index contributed by atoms with van der Waals surface area (Å²) in [7, 11) is 0. The summed E-state index contributed by atoms with van der Waals surface area (Å²) in [5, 5.41) is 112. The molecule has 13 N–H and O–H groups in total. The van der Waals surface area contributed by atoms with E-state index in [1.54, 1.807) is 49.5 Å². The molecule has 0 radical (unpaired) electrons. The summed E-state index contributed by atoms with van der Waals surface area (Å²) in [5.41, 5.74) is 6.02. The van der Waals surface area contributed by atoms with Gasteiger partial charge in [-0.15, -0.1) is 0 Å². The molecule has 18 nitrogen and oxygen atoms in total. The number of nitrogens with two attached hydrogens (primary N) is 1. The molecule has 0 aromatic rings. The highest BCUT2D eigenvalue weighted by molar-refractivity contribution is 5.80. The number of rotatable bonds is 6. The Morgan fingerprint density at radius 1 is 0.706 bits per heavy atom. The van der Waals surface area contributed by atoms with E-state index in [-0.39, 0.29) is 44.6 Å². The molecule has 3 fully saturated rings. The van der Waals surface area contributed by atoms with Gasteiger partial charge >= 0.3 is 5.97 Å². The first-order chi connectivity index (χ1) is 32.3. The maximum Gasteiger partial charge on any atom is 0.308 e. The minimum atomic E-state index is -2.24. The van der Waals surface area contributed by atoms with Gasteiger partial charge in [-0.2, -0.15) is 0 Å². The van der Waals surface area contributed by atoms with Crippen LogP contribution < -0.4 is 11.1 Å². The monoisotopic (exact) mass is 963 g/mol. The van der Waals surface area contributed by atoms with E-state index < -0.39 is 135 Å². The molecule has 2 bridgehead atoms. The van der Waals surface area contributed by atoms with Gasteiger partial charge in [-0.3, -0.25) is 9.59 Å². The lowest BCUT2D eigenvalue weighted by molar-refractivity contribution is -0.304. The molecule has 4 rings (SSSR count). The Bertz CT molecular complexity index is 1730. The zero-order chi connectivity index (χ0) is 49.8. The Labute approximate surface area is 399 Å². The Kier molecular flexibility index (Phi) is 24.4. The molecule has 18 heteroatoms. The largest absolute Gasteiger partial charge is 0.462 e. The quantitative estimate of drug-likeness (QED) is 0.165. The Morgan fingerprint density at radius 3 is 1.96 bits per heavy atom. The van der Waals surface area contributed by atoms with Crippen LogP contribution in [0.1, 0.15) is 90.9 Å². The average molecular weight is 963 g/mol. The number of ether oxygens (including phenoxy) is 4. The second kappa shape index (κ2) is 29.0. The number of allylic oxidation sites excluding steroid dienone is 12. The highest BCUT2D eigenvalue weighted by Gasteiger charge is 2.50. The maximum atomic E-state index is 13.7. The van der Waals surface area contributed by atoms with E-state index in [9.17, 15) is 60.7 Å². The topological polar surface area (TPSA) is 311 Å². The third-order valence-electron chi connectivity index (χ3n) is 12.6. The second-order valence-electron chi connectivity index (χ2n) is 18.9. The molecule has 3 aliphatic heterocycles. The minimum absolute atomic E-state index is 0.0817. The van der Waals surface area contributed by atoms with E-state index in [0.717, 1.165) is 19.3 Å². The summed E-state index contributed by atoms with van der Waals surface area (Å²) in [4.78, 5) is 26.3. The highest BCUT2D eigenvalue weighted by atomic mass is 16.7. The van der Waals surface area contributed by atoms with Crippen LogP contribution in [-0.4, -0.2) is 167 Å². The van der Waals surface area contributed by atoms with E-state index in [1.807, 2.05) is 49.5 Å². The fourth-order valence-corrected chi connectivity index (χ4v) is 8.43. The Balaban J connectivity index is 1.55. The van der Waals surface area contributed by atoms with Gasteiger partial charge in [-0.1, -0.05) is 105 Å². The molecule has 68 heavy (non-hydrogen) atoms. The molecular formula is C50H78N2O16. The van der Waals surface area contributed by atoms with Crippen LogP contribution in [0, 0.1) is 17.8 Å². The van der Waals surface area contributed by atoms with E-state index in [0.29, 0.717) is 12.5 Å². The van der Waals surface area contributed by atoms with Gasteiger partial charge in [0.05, 0.1) is 86.0 Å². The number of hydrogen-bond acceptors (Lipinski definition) is 17. The van der Waals surface area contributed by atoms with Gasteiger partial charge < -0.3 is 81.1 Å². The lowest BCUT2D eigenvalue weighted by Gasteiger charge is -2.45. The van der Waals surface area contributed by atoms with Gasteiger partial charge in [0.15, 0.2) is 12.1 Å². The zero-order valence-corrected chi connectivity index (χ0v) is 39.3. The smallest absolute Gasteiger partial charge is 0.308 e. The predicted octanol–water partition coefficient (Wildman–Crippen LogP) is 0.909. The number of aliphatic hydroxyl groups excluding tert-OH is 9. The Morgan fingerprint density at radius 2 is 1.32 bits per heavy atom. The van der Waals surface area contributed by atoms with Gasteiger partial charge in [-0.05, 0) is 38.5 Å². The van der Waals surface area contributed by atoms with Crippen LogP contribution in [0.3, 0.4) is 0 Å². The van der Waals surface area contributed by atoms with Gasteiger partial charge in [0.1, 0.15) is 12.2 Å². The summed E-state index contributed by atoms with van der Waals surface area (Å²) in [6, 6.07) is -1.09. The van der Waals surface area contributed by atoms with Crippen LogP contribution >= 0.6 is 0 Å². The summed E-state index contributed by atoms with van der Waals surface area (Å²) in [6.07, 6.45) is 9.32. The van der Waals surface area contributed by atoms with Crippen LogP contribution in [0.15, 0.2) is 85.1 Å². The highest BCUT2D eigenvalue weighted by Crippen LogP contribution is 2.38. The molecule has 0 aromatic carbocycles. The standard InChI is InChI=1S/C50H78N2O16/c1-31-15-13-11-9-7-5-3-4-6-8-10-12-14-16-37(67-49-47(62)46(51)42(60)30-65-49)27-43-45(48(63)52-22-21-33-17-18-33)41(59)29-50(64,68-43)28-36(55)25-40(58)38(56)20-19-34(53)24-35(54)26-44(61)66-32(2)23-39(31)57/h3-16,31-43,45-47,49,53-60,62,64H,17-30,51H2,1-2H3,(H,52,63)/b4-3+,7-5+,8-6+,11-9+,12-10+,15-13+,16-14+/t31-,32-,34?,35?,36?,37?,38?,39-,40?,41-,42+,43-,45?,46-,47-,49-,50?/m0/s1. The number of hydrogen-bond donors (Lipinski definition) is 12. The number of aliphatic hydroxyl groups is 10. The van der Waals surface area contributed by atoms with Gasteiger partial charge in [0, 0.05) is 44.6 Å². The molecule has 3 heterocycles. The van der Waals surface area contributed by atoms with Gasteiger partial charge in [0.2, 0.25) is 5.91 Å². The number of esters is 1. The number of carbonyl (C=O) groups is 2. The molecule has 0 aromatic heterocycles. The summed E-state index contributed by atoms with van der Waals surface area (Å²) in [6.45, 7) is 3.60. The van der Waals surface area contributed by atoms with Crippen LogP contribution in [-0.2, 0) is 28.5 Å². The lowest BCUT2D eigenvalue weighted by Crippen LogP contribution is -2.59. The molecule has 1 saturated carbocycles. The third-order valence-corrected chi connectivity index (χ3v) is 12.6. The number of amides is 1. The Hall–Kier alpha value is -3.44. The average Bonchev–Trinajstić information content (AvgIpc) is 4.09. The molecule has 4 aliphatic rings. The third kappa shape index (κ3) is 20.5. The minimum Gasteiger partial charge on any atom is -0.462 e. The first-order valence-corrected chi connectivity index (χ1v) is 24.0. The van der Waals surface area contributed by atoms with Crippen molar-refractivity contribution in [2.75, 3.05) is 13.2 Å².